The van der Waals surface area contributed by atoms with Gasteiger partial charge in [-0.15, -0.1) is 0 Å². The lowest BCUT2D eigenvalue weighted by molar-refractivity contribution is -0.136. The molecule has 0 aromatic carbocycles. The summed E-state index contributed by atoms with van der Waals surface area (Å²) >= 11 is 0. The van der Waals surface area contributed by atoms with Gasteiger partial charge in [0.1, 0.15) is 6.29 Å². The second-order valence-electron chi connectivity index (χ2n) is 3.26. The molecule has 0 aromatic rings. The molecule has 0 saturated heterocycles. The molecule has 0 aromatic heterocycles. The summed E-state index contributed by atoms with van der Waals surface area (Å²) in [7, 11) is 1.31. The highest BCUT2D eigenvalue weighted by Gasteiger charge is 2.15. The van der Waals surface area contributed by atoms with Gasteiger partial charge in [0.15, 0.2) is 0 Å². The number of methoxy groups -OCH3 is 1. The number of rotatable bonds is 3. The van der Waals surface area contributed by atoms with Crippen molar-refractivity contribution in [2.45, 2.75) is 20.8 Å². The molecule has 0 bridgehead atoms. The molecule has 0 atom stereocenters. The quantitative estimate of drug-likeness (QED) is 0.364. The third-order valence-corrected chi connectivity index (χ3v) is 1.40. The molecule has 12 heavy (non-hydrogen) atoms. The van der Waals surface area contributed by atoms with Gasteiger partial charge in [-0.2, -0.15) is 0 Å². The molecule has 0 heterocycles. The number of carbonyl (C=O) groups excluding carboxylic acids is 2. The van der Waals surface area contributed by atoms with Gasteiger partial charge in [-0.05, 0) is 20.8 Å². The molecule has 0 N–H and O–H groups in total. The number of carbonyl (C=O) groups is 2. The van der Waals surface area contributed by atoms with Gasteiger partial charge in [0.25, 0.3) is 0 Å². The Kier molecular flexibility index (Phi) is 3.67. The molecule has 0 amide bonds. The normalized spacial score (nSPS) is 12.5. The summed E-state index contributed by atoms with van der Waals surface area (Å²) in [4.78, 5) is 21.4. The number of allylic oxidation sites excluding steroid dienone is 1. The first-order valence-electron chi connectivity index (χ1n) is 3.67. The lowest BCUT2D eigenvalue weighted by Gasteiger charge is -2.11. The lowest BCUT2D eigenvalue weighted by atomic mass is 9.93. The summed E-state index contributed by atoms with van der Waals surface area (Å²) in [5.41, 5.74) is -0.146. The smallest absolute Gasteiger partial charge is 0.333 e. The van der Waals surface area contributed by atoms with Gasteiger partial charge >= 0.3 is 5.97 Å². The fourth-order valence-corrected chi connectivity index (χ4v) is 0.812. The van der Waals surface area contributed by atoms with Gasteiger partial charge in [0.05, 0.1) is 7.11 Å². The Hall–Kier alpha value is -1.12. The topological polar surface area (TPSA) is 43.4 Å². The van der Waals surface area contributed by atoms with Crippen molar-refractivity contribution in [1.82, 2.24) is 0 Å². The third-order valence-electron chi connectivity index (χ3n) is 1.40. The third kappa shape index (κ3) is 3.32. The van der Waals surface area contributed by atoms with Gasteiger partial charge < -0.3 is 9.53 Å². The average Bonchev–Trinajstić information content (AvgIpc) is 2.02. The van der Waals surface area contributed by atoms with Crippen LogP contribution in [-0.2, 0) is 14.3 Å². The Labute approximate surface area is 72.4 Å². The van der Waals surface area contributed by atoms with Crippen molar-refractivity contribution in [3.05, 3.63) is 11.6 Å². The zero-order valence-electron chi connectivity index (χ0n) is 7.88. The van der Waals surface area contributed by atoms with Crippen LogP contribution in [0.25, 0.3) is 0 Å². The van der Waals surface area contributed by atoms with Crippen LogP contribution in [0.5, 0.6) is 0 Å². The van der Waals surface area contributed by atoms with Gasteiger partial charge in [0, 0.05) is 11.0 Å². The van der Waals surface area contributed by atoms with E-state index < -0.39 is 11.4 Å². The average molecular weight is 170 g/mol. The van der Waals surface area contributed by atoms with Gasteiger partial charge in [-0.3, -0.25) is 0 Å². The second-order valence-corrected chi connectivity index (χ2v) is 3.26. The largest absolute Gasteiger partial charge is 0.466 e. The maximum atomic E-state index is 10.9. The van der Waals surface area contributed by atoms with E-state index in [-0.39, 0.29) is 0 Å². The van der Waals surface area contributed by atoms with Crippen LogP contribution >= 0.6 is 0 Å². The number of ether oxygens (including phenoxy) is 1. The fourth-order valence-electron chi connectivity index (χ4n) is 0.812. The molecule has 0 radical (unpaired) electrons. The molecule has 3 heteroatoms. The first-order valence-corrected chi connectivity index (χ1v) is 3.67. The fraction of sp³-hybridized carbons (Fsp3) is 0.556. The minimum atomic E-state index is -0.599. The molecule has 0 aliphatic heterocycles. The molecule has 68 valence electrons. The minimum absolute atomic E-state index is 0.398. The number of hydrogen-bond donors (Lipinski definition) is 0. The van der Waals surface area contributed by atoms with Crippen LogP contribution in [0.3, 0.4) is 0 Å². The van der Waals surface area contributed by atoms with Crippen LogP contribution in [-0.4, -0.2) is 19.4 Å². The van der Waals surface area contributed by atoms with Crippen molar-refractivity contribution in [2.24, 2.45) is 5.41 Å². The summed E-state index contributed by atoms with van der Waals surface area (Å²) in [6, 6.07) is 0. The van der Waals surface area contributed by atoms with E-state index in [4.69, 9.17) is 0 Å². The zero-order chi connectivity index (χ0) is 9.78. The minimum Gasteiger partial charge on any atom is -0.466 e. The molecule has 0 aliphatic rings. The Morgan fingerprint density at radius 2 is 1.92 bits per heavy atom. The molecular formula is C9H14O3. The Morgan fingerprint density at radius 1 is 1.42 bits per heavy atom. The van der Waals surface area contributed by atoms with Crippen molar-refractivity contribution < 1.29 is 14.3 Å². The molecule has 0 aliphatic carbocycles. The predicted octanol–water partition coefficient (Wildman–Crippen LogP) is 1.33. The summed E-state index contributed by atoms with van der Waals surface area (Å²) in [6.07, 6.45) is 2.38. The molecule has 0 unspecified atom stereocenters. The van der Waals surface area contributed by atoms with Crippen LogP contribution in [0, 0.1) is 5.41 Å². The SMILES string of the molecule is COC(=O)/C(C)=C/C(C)(C)C=O. The molecule has 0 spiro atoms. The van der Waals surface area contributed by atoms with Crippen LogP contribution in [0.4, 0.5) is 0 Å². The molecule has 0 fully saturated rings. The lowest BCUT2D eigenvalue weighted by Crippen LogP contribution is -2.12. The highest BCUT2D eigenvalue weighted by molar-refractivity contribution is 5.88. The van der Waals surface area contributed by atoms with Crippen molar-refractivity contribution in [2.75, 3.05) is 7.11 Å². The van der Waals surface area contributed by atoms with Gasteiger partial charge in [0.2, 0.25) is 0 Å². The summed E-state index contributed by atoms with van der Waals surface area (Å²) in [6.45, 7) is 5.08. The maximum Gasteiger partial charge on any atom is 0.333 e. The predicted molar refractivity (Wildman–Crippen MR) is 45.6 cm³/mol. The van der Waals surface area contributed by atoms with E-state index >= 15 is 0 Å². The highest BCUT2D eigenvalue weighted by atomic mass is 16.5. The summed E-state index contributed by atoms with van der Waals surface area (Å²) in [5.74, 6) is -0.398. The molecule has 3 nitrogen and oxygen atoms in total. The maximum absolute atomic E-state index is 10.9. The van der Waals surface area contributed by atoms with Crippen LogP contribution in [0.2, 0.25) is 0 Å². The van der Waals surface area contributed by atoms with Crippen molar-refractivity contribution in [1.29, 1.82) is 0 Å². The zero-order valence-corrected chi connectivity index (χ0v) is 7.88. The monoisotopic (exact) mass is 170 g/mol. The van der Waals surface area contributed by atoms with E-state index in [0.717, 1.165) is 6.29 Å². The first-order chi connectivity index (χ1) is 5.43. The van der Waals surface area contributed by atoms with Gasteiger partial charge in [-0.1, -0.05) is 6.08 Å². The summed E-state index contributed by atoms with van der Waals surface area (Å²) in [5, 5.41) is 0. The standard InChI is InChI=1S/C9H14O3/c1-7(8(11)12-4)5-9(2,3)6-10/h5-6H,1-4H3/b7-5+. The Balaban J connectivity index is 4.55. The van der Waals surface area contributed by atoms with E-state index in [0.29, 0.717) is 5.57 Å². The van der Waals surface area contributed by atoms with Crippen LogP contribution < -0.4 is 0 Å². The van der Waals surface area contributed by atoms with Crippen LogP contribution in [0.15, 0.2) is 11.6 Å². The van der Waals surface area contributed by atoms with Crippen LogP contribution in [0.1, 0.15) is 20.8 Å². The number of hydrogen-bond acceptors (Lipinski definition) is 3. The van der Waals surface area contributed by atoms with Crippen molar-refractivity contribution >= 4 is 12.3 Å². The number of aldehydes is 1. The van der Waals surface area contributed by atoms with E-state index in [1.165, 1.54) is 7.11 Å². The van der Waals surface area contributed by atoms with Crippen molar-refractivity contribution in [3.63, 3.8) is 0 Å². The van der Waals surface area contributed by atoms with E-state index in [1.807, 2.05) is 0 Å². The summed E-state index contributed by atoms with van der Waals surface area (Å²) < 4.78 is 4.48. The van der Waals surface area contributed by atoms with E-state index in [2.05, 4.69) is 4.74 Å². The molecular weight excluding hydrogens is 156 g/mol. The van der Waals surface area contributed by atoms with E-state index in [9.17, 15) is 9.59 Å². The van der Waals surface area contributed by atoms with Gasteiger partial charge in [-0.25, -0.2) is 4.79 Å². The second kappa shape index (κ2) is 4.04. The Bertz CT molecular complexity index is 214. The van der Waals surface area contributed by atoms with E-state index in [1.54, 1.807) is 26.8 Å². The molecule has 0 rings (SSSR count). The number of esters is 1. The first kappa shape index (κ1) is 10.9. The Morgan fingerprint density at radius 3 is 2.25 bits per heavy atom. The van der Waals surface area contributed by atoms with Crippen molar-refractivity contribution in [3.8, 4) is 0 Å². The highest BCUT2D eigenvalue weighted by Crippen LogP contribution is 2.15. The molecule has 0 saturated carbocycles.